The van der Waals surface area contributed by atoms with Crippen LogP contribution in [0.5, 0.6) is 0 Å². The van der Waals surface area contributed by atoms with Gasteiger partial charge in [0.25, 0.3) is 0 Å². The van der Waals surface area contributed by atoms with Crippen molar-refractivity contribution in [3.63, 3.8) is 0 Å². The number of rotatable bonds is 14. The molecule has 1 aromatic carbocycles. The summed E-state index contributed by atoms with van der Waals surface area (Å²) in [5, 5.41) is 11.7. The molecule has 0 spiro atoms. The molecule has 0 unspecified atom stereocenters. The molecule has 0 atom stereocenters. The van der Waals surface area contributed by atoms with Crippen molar-refractivity contribution < 1.29 is 0 Å². The first-order valence-corrected chi connectivity index (χ1v) is 17.6. The summed E-state index contributed by atoms with van der Waals surface area (Å²) in [6.07, 6.45) is 10.6. The smallest absolute Gasteiger partial charge is 0.196 e. The molecule has 2 aromatic heterocycles. The Morgan fingerprint density at radius 2 is 1.66 bits per heavy atom. The molecule has 0 aliphatic carbocycles. The van der Waals surface area contributed by atoms with Gasteiger partial charge in [0.05, 0.1) is 0 Å². The third-order valence-electron chi connectivity index (χ3n) is 8.16. The van der Waals surface area contributed by atoms with Crippen LogP contribution in [0.4, 0.5) is 17.5 Å². The summed E-state index contributed by atoms with van der Waals surface area (Å²) >= 11 is 3.39. The Labute approximate surface area is 271 Å². The van der Waals surface area contributed by atoms with Gasteiger partial charge in [-0.25, -0.2) is 9.97 Å². The largest absolute Gasteiger partial charge is 0.354 e. The number of aromatic amines is 1. The average Bonchev–Trinajstić information content (AvgIpc) is 3.47. The number of allylic oxidation sites excluding steroid dienone is 3. The van der Waals surface area contributed by atoms with Crippen LogP contribution >= 0.6 is 23.5 Å². The number of nitrogens with zero attached hydrogens (tertiary/aromatic N) is 6. The highest BCUT2D eigenvalue weighted by atomic mass is 32.2. The van der Waals surface area contributed by atoms with E-state index in [1.165, 1.54) is 43.8 Å². The van der Waals surface area contributed by atoms with Crippen molar-refractivity contribution in [1.82, 2.24) is 30.0 Å². The summed E-state index contributed by atoms with van der Waals surface area (Å²) in [5.41, 5.74) is 3.30. The number of aromatic nitrogens is 4. The number of piperidine rings is 1. The van der Waals surface area contributed by atoms with Crippen LogP contribution < -0.4 is 10.2 Å². The summed E-state index contributed by atoms with van der Waals surface area (Å²) in [6, 6.07) is 10.6. The molecule has 2 saturated heterocycles. The van der Waals surface area contributed by atoms with Crippen molar-refractivity contribution in [2.45, 2.75) is 54.5 Å². The Morgan fingerprint density at radius 1 is 0.955 bits per heavy atom. The van der Waals surface area contributed by atoms with Gasteiger partial charge in [-0.1, -0.05) is 44.7 Å². The van der Waals surface area contributed by atoms with Crippen LogP contribution in [-0.2, 0) is 6.42 Å². The molecule has 3 aromatic rings. The van der Waals surface area contributed by atoms with Gasteiger partial charge in [0.15, 0.2) is 11.0 Å². The lowest BCUT2D eigenvalue weighted by atomic mass is 10.1. The quantitative estimate of drug-likeness (QED) is 0.112. The number of nitrogens with one attached hydrogen (secondary N) is 2. The maximum Gasteiger partial charge on any atom is 0.196 e. The summed E-state index contributed by atoms with van der Waals surface area (Å²) < 4.78 is 0. The second-order valence-electron chi connectivity index (χ2n) is 11.3. The van der Waals surface area contributed by atoms with E-state index in [1.54, 1.807) is 23.5 Å². The Hall–Kier alpha value is -3.05. The van der Waals surface area contributed by atoms with Crippen LogP contribution in [-0.4, -0.2) is 88.1 Å². The zero-order valence-electron chi connectivity index (χ0n) is 26.2. The monoisotopic (exact) mass is 630 g/mol. The summed E-state index contributed by atoms with van der Waals surface area (Å²) in [6.45, 7) is 20.8. The third kappa shape index (κ3) is 9.00. The van der Waals surface area contributed by atoms with Gasteiger partial charge in [-0.3, -0.25) is 10.00 Å². The van der Waals surface area contributed by atoms with E-state index in [1.807, 2.05) is 31.2 Å². The minimum Gasteiger partial charge on any atom is -0.354 e. The van der Waals surface area contributed by atoms with Gasteiger partial charge in [0.1, 0.15) is 11.6 Å². The number of hydrogen-bond donors (Lipinski definition) is 2. The van der Waals surface area contributed by atoms with Crippen LogP contribution in [0, 0.1) is 6.92 Å². The molecule has 0 bridgehead atoms. The first-order valence-electron chi connectivity index (χ1n) is 15.8. The molecule has 2 aliphatic rings. The fraction of sp³-hybridized carbons (Fsp3) is 0.441. The summed E-state index contributed by atoms with van der Waals surface area (Å²) in [5.74, 6) is 3.50. The molecule has 5 rings (SSSR count). The average molecular weight is 631 g/mol. The van der Waals surface area contributed by atoms with Gasteiger partial charge < -0.3 is 15.1 Å². The van der Waals surface area contributed by atoms with Gasteiger partial charge >= 0.3 is 0 Å². The van der Waals surface area contributed by atoms with E-state index in [2.05, 4.69) is 74.6 Å². The lowest BCUT2D eigenvalue weighted by Crippen LogP contribution is -2.49. The Balaban J connectivity index is 1.31. The SMILES string of the molecule is C=C/C=C(\C=C)CSc1ccc(Sc2nc(Nc3cc(C)[nH]n3)c(CC)c(N3CCN(CCN4CCCCC4)CC3)n2)cc1. The Kier molecular flexibility index (Phi) is 12.0. The van der Waals surface area contributed by atoms with E-state index in [4.69, 9.17) is 9.97 Å². The predicted octanol–water partition coefficient (Wildman–Crippen LogP) is 6.96. The molecule has 8 nitrogen and oxygen atoms in total. The molecule has 0 saturated carbocycles. The molecule has 10 heteroatoms. The molecule has 4 heterocycles. The van der Waals surface area contributed by atoms with Gasteiger partial charge in [0, 0.05) is 72.1 Å². The van der Waals surface area contributed by atoms with E-state index in [9.17, 15) is 0 Å². The van der Waals surface area contributed by atoms with Gasteiger partial charge in [0.2, 0.25) is 0 Å². The number of likely N-dealkylation sites (tertiary alicyclic amines) is 1. The maximum absolute atomic E-state index is 5.18. The van der Waals surface area contributed by atoms with Crippen molar-refractivity contribution >= 4 is 41.0 Å². The summed E-state index contributed by atoms with van der Waals surface area (Å²) in [7, 11) is 0. The lowest BCUT2D eigenvalue weighted by molar-refractivity contribution is 0.176. The fourth-order valence-corrected chi connectivity index (χ4v) is 7.27. The Bertz CT molecular complexity index is 1400. The second kappa shape index (κ2) is 16.3. The number of piperazine rings is 1. The molecule has 0 radical (unpaired) electrons. The molecular formula is C34H46N8S2. The summed E-state index contributed by atoms with van der Waals surface area (Å²) in [4.78, 5) is 20.2. The number of benzene rings is 1. The lowest BCUT2D eigenvalue weighted by Gasteiger charge is -2.37. The predicted molar refractivity (Wildman–Crippen MR) is 187 cm³/mol. The number of aryl methyl sites for hydroxylation is 1. The highest BCUT2D eigenvalue weighted by Gasteiger charge is 2.24. The first-order chi connectivity index (χ1) is 21.5. The van der Waals surface area contributed by atoms with E-state index in [-0.39, 0.29) is 0 Å². The Morgan fingerprint density at radius 3 is 2.30 bits per heavy atom. The van der Waals surface area contributed by atoms with Gasteiger partial charge in [-0.2, -0.15) is 5.10 Å². The maximum atomic E-state index is 5.18. The normalized spacial score (nSPS) is 16.7. The molecule has 234 valence electrons. The standard InChI is InChI=1S/C34H46N8S2/c1-5-11-27(6-2)25-43-28-12-14-29(15-13-28)44-34-36-32(35-31-24-26(4)38-39-31)30(7-3)33(37-34)42-22-20-41(21-23-42)19-18-40-16-9-8-10-17-40/h5-6,11-15,24H,1-2,7-10,16-23,25H2,3-4H3,(H2,35,36,37,38,39)/b27-11+. The van der Waals surface area contributed by atoms with Crippen LogP contribution in [0.3, 0.4) is 0 Å². The van der Waals surface area contributed by atoms with Crippen LogP contribution in [0.25, 0.3) is 0 Å². The zero-order valence-corrected chi connectivity index (χ0v) is 27.9. The van der Waals surface area contributed by atoms with Crippen LogP contribution in [0.1, 0.15) is 37.4 Å². The molecule has 2 aliphatic heterocycles. The number of thioether (sulfide) groups is 1. The van der Waals surface area contributed by atoms with Crippen molar-refractivity contribution in [2.24, 2.45) is 0 Å². The van der Waals surface area contributed by atoms with Gasteiger partial charge in [-0.15, -0.1) is 11.8 Å². The molecule has 0 amide bonds. The van der Waals surface area contributed by atoms with Crippen LogP contribution in [0.15, 0.2) is 82.2 Å². The topological polar surface area (TPSA) is 76.2 Å². The molecule has 2 fully saturated rings. The highest BCUT2D eigenvalue weighted by molar-refractivity contribution is 7.99. The van der Waals surface area contributed by atoms with Crippen molar-refractivity contribution in [2.75, 3.05) is 68.3 Å². The van der Waals surface area contributed by atoms with E-state index < -0.39 is 0 Å². The second-order valence-corrected chi connectivity index (χ2v) is 13.4. The fourth-order valence-electron chi connectivity index (χ4n) is 5.64. The zero-order chi connectivity index (χ0) is 30.7. The van der Waals surface area contributed by atoms with Crippen LogP contribution in [0.2, 0.25) is 0 Å². The van der Waals surface area contributed by atoms with Gasteiger partial charge in [-0.05, 0) is 80.9 Å². The van der Waals surface area contributed by atoms with E-state index in [0.29, 0.717) is 0 Å². The molecular weight excluding hydrogens is 585 g/mol. The highest BCUT2D eigenvalue weighted by Crippen LogP contribution is 2.34. The van der Waals surface area contributed by atoms with Crippen molar-refractivity contribution in [3.8, 4) is 0 Å². The minimum absolute atomic E-state index is 0.739. The minimum atomic E-state index is 0.739. The van der Waals surface area contributed by atoms with E-state index in [0.717, 1.165) is 89.2 Å². The molecule has 2 N–H and O–H groups in total. The third-order valence-corrected chi connectivity index (χ3v) is 10.1. The van der Waals surface area contributed by atoms with E-state index >= 15 is 0 Å². The number of anilines is 3. The first kappa shape index (κ1) is 32.3. The number of H-pyrrole nitrogens is 1. The van der Waals surface area contributed by atoms with Crippen molar-refractivity contribution in [1.29, 1.82) is 0 Å². The number of hydrogen-bond acceptors (Lipinski definition) is 9. The molecule has 44 heavy (non-hydrogen) atoms. The van der Waals surface area contributed by atoms with Crippen molar-refractivity contribution in [3.05, 3.63) is 78.5 Å².